The lowest BCUT2D eigenvalue weighted by Crippen LogP contribution is -2.33. The average Bonchev–Trinajstić information content (AvgIpc) is 2.60. The molecule has 0 aromatic heterocycles. The average molecular weight is 330 g/mol. The van der Waals surface area contributed by atoms with Gasteiger partial charge in [-0.15, -0.1) is 0 Å². The van der Waals surface area contributed by atoms with E-state index in [2.05, 4.69) is 5.32 Å². The molecule has 2 aromatic carbocycles. The highest BCUT2D eigenvalue weighted by atomic mass is 16.6. The van der Waals surface area contributed by atoms with Gasteiger partial charge in [-0.05, 0) is 23.3 Å². The Balaban J connectivity index is 1.99. The van der Waals surface area contributed by atoms with Crippen LogP contribution in [0.1, 0.15) is 17.2 Å². The van der Waals surface area contributed by atoms with Crippen LogP contribution in [0.15, 0.2) is 54.6 Å². The van der Waals surface area contributed by atoms with Crippen LogP contribution < -0.4 is 10.1 Å². The van der Waals surface area contributed by atoms with Crippen molar-refractivity contribution in [3.05, 3.63) is 75.8 Å². The quantitative estimate of drug-likeness (QED) is 0.622. The summed E-state index contributed by atoms with van der Waals surface area (Å²) < 4.78 is 10.2. The number of alkyl carbamates (subject to hydrolysis) is 1. The molecule has 0 radical (unpaired) electrons. The van der Waals surface area contributed by atoms with Crippen LogP contribution in [0.3, 0.4) is 0 Å². The highest BCUT2D eigenvalue weighted by molar-refractivity contribution is 5.68. The van der Waals surface area contributed by atoms with Crippen molar-refractivity contribution >= 4 is 6.09 Å². The SMILES string of the molecule is COc1ccc([C@H](C[N+](=O)[O-])NC(=O)OCc2ccccc2)cc1. The van der Waals surface area contributed by atoms with Gasteiger partial charge in [0.05, 0.1) is 7.11 Å². The van der Waals surface area contributed by atoms with Crippen molar-refractivity contribution in [2.75, 3.05) is 13.7 Å². The molecule has 1 amide bonds. The monoisotopic (exact) mass is 330 g/mol. The molecule has 2 aromatic rings. The fourth-order valence-corrected chi connectivity index (χ4v) is 2.13. The third kappa shape index (κ3) is 5.28. The van der Waals surface area contributed by atoms with Gasteiger partial charge in [-0.3, -0.25) is 10.1 Å². The number of rotatable bonds is 7. The van der Waals surface area contributed by atoms with Crippen LogP contribution in [0.5, 0.6) is 5.75 Å². The summed E-state index contributed by atoms with van der Waals surface area (Å²) in [6.07, 6.45) is -0.707. The summed E-state index contributed by atoms with van der Waals surface area (Å²) in [6.45, 7) is -0.340. The number of ether oxygens (including phenoxy) is 2. The Hall–Kier alpha value is -3.09. The van der Waals surface area contributed by atoms with E-state index in [1.54, 1.807) is 24.3 Å². The summed E-state index contributed by atoms with van der Waals surface area (Å²) in [4.78, 5) is 22.3. The first-order valence-electron chi connectivity index (χ1n) is 7.31. The lowest BCUT2D eigenvalue weighted by Gasteiger charge is -2.16. The van der Waals surface area contributed by atoms with Gasteiger partial charge in [-0.2, -0.15) is 0 Å². The molecule has 0 aliphatic carbocycles. The van der Waals surface area contributed by atoms with Gasteiger partial charge in [-0.1, -0.05) is 42.5 Å². The molecule has 7 heteroatoms. The van der Waals surface area contributed by atoms with Crippen LogP contribution in [-0.2, 0) is 11.3 Å². The fraction of sp³-hybridized carbons (Fsp3) is 0.235. The maximum atomic E-state index is 11.9. The number of methoxy groups -OCH3 is 1. The molecule has 1 N–H and O–H groups in total. The van der Waals surface area contributed by atoms with Crippen LogP contribution >= 0.6 is 0 Å². The molecule has 0 saturated carbocycles. The van der Waals surface area contributed by atoms with E-state index in [0.29, 0.717) is 11.3 Å². The molecule has 0 fully saturated rings. The van der Waals surface area contributed by atoms with Crippen LogP contribution in [0.2, 0.25) is 0 Å². The molecule has 0 aliphatic heterocycles. The second-order valence-corrected chi connectivity index (χ2v) is 5.05. The molecule has 0 unspecified atom stereocenters. The number of carbonyl (C=O) groups is 1. The van der Waals surface area contributed by atoms with Crippen LogP contribution in [0, 0.1) is 10.1 Å². The van der Waals surface area contributed by atoms with Gasteiger partial charge < -0.3 is 14.8 Å². The summed E-state index contributed by atoms with van der Waals surface area (Å²) in [5, 5.41) is 13.4. The number of hydrogen-bond donors (Lipinski definition) is 1. The van der Waals surface area contributed by atoms with E-state index < -0.39 is 23.6 Å². The zero-order valence-corrected chi connectivity index (χ0v) is 13.2. The lowest BCUT2D eigenvalue weighted by atomic mass is 10.1. The van der Waals surface area contributed by atoms with Gasteiger partial charge in [0.25, 0.3) is 0 Å². The van der Waals surface area contributed by atoms with Gasteiger partial charge >= 0.3 is 6.09 Å². The van der Waals surface area contributed by atoms with Crippen molar-refractivity contribution in [1.82, 2.24) is 5.32 Å². The molecule has 0 saturated heterocycles. The Labute approximate surface area is 139 Å². The maximum absolute atomic E-state index is 11.9. The third-order valence-corrected chi connectivity index (χ3v) is 3.35. The molecule has 2 rings (SSSR count). The number of benzene rings is 2. The van der Waals surface area contributed by atoms with Crippen molar-refractivity contribution in [2.45, 2.75) is 12.6 Å². The molecule has 0 heterocycles. The molecule has 7 nitrogen and oxygen atoms in total. The second kappa shape index (κ2) is 8.52. The Morgan fingerprint density at radius 1 is 1.17 bits per heavy atom. The highest BCUT2D eigenvalue weighted by Gasteiger charge is 2.21. The zero-order valence-electron chi connectivity index (χ0n) is 13.2. The van der Waals surface area contributed by atoms with E-state index in [4.69, 9.17) is 9.47 Å². The lowest BCUT2D eigenvalue weighted by molar-refractivity contribution is -0.484. The summed E-state index contributed by atoms with van der Waals surface area (Å²) in [6, 6.07) is 15.1. The molecule has 126 valence electrons. The van der Waals surface area contributed by atoms with Crippen molar-refractivity contribution in [1.29, 1.82) is 0 Å². The number of nitro groups is 1. The van der Waals surface area contributed by atoms with Crippen molar-refractivity contribution in [2.24, 2.45) is 0 Å². The summed E-state index contributed by atoms with van der Waals surface area (Å²) in [5.41, 5.74) is 1.44. The Morgan fingerprint density at radius 2 is 1.83 bits per heavy atom. The van der Waals surface area contributed by atoms with Crippen molar-refractivity contribution < 1.29 is 19.2 Å². The normalized spacial score (nSPS) is 11.4. The predicted molar refractivity (Wildman–Crippen MR) is 87.4 cm³/mol. The Bertz CT molecular complexity index is 673. The van der Waals surface area contributed by atoms with E-state index >= 15 is 0 Å². The summed E-state index contributed by atoms with van der Waals surface area (Å²) in [7, 11) is 1.53. The Morgan fingerprint density at radius 3 is 2.42 bits per heavy atom. The first kappa shape index (κ1) is 17.3. The number of nitrogens with zero attached hydrogens (tertiary/aromatic N) is 1. The number of carbonyl (C=O) groups excluding carboxylic acids is 1. The molecule has 24 heavy (non-hydrogen) atoms. The fourth-order valence-electron chi connectivity index (χ4n) is 2.13. The van der Waals surface area contributed by atoms with E-state index in [-0.39, 0.29) is 6.61 Å². The number of hydrogen-bond acceptors (Lipinski definition) is 5. The van der Waals surface area contributed by atoms with Crippen molar-refractivity contribution in [3.63, 3.8) is 0 Å². The topological polar surface area (TPSA) is 90.7 Å². The van der Waals surface area contributed by atoms with Crippen molar-refractivity contribution in [3.8, 4) is 5.75 Å². The van der Waals surface area contributed by atoms with E-state index in [1.807, 2.05) is 30.3 Å². The molecule has 1 atom stereocenters. The molecular weight excluding hydrogens is 312 g/mol. The largest absolute Gasteiger partial charge is 0.497 e. The third-order valence-electron chi connectivity index (χ3n) is 3.35. The van der Waals surface area contributed by atoms with Gasteiger partial charge in [-0.25, -0.2) is 4.79 Å². The van der Waals surface area contributed by atoms with Gasteiger partial charge in [0, 0.05) is 4.92 Å². The van der Waals surface area contributed by atoms with Gasteiger partial charge in [0.2, 0.25) is 6.54 Å². The Kier molecular flexibility index (Phi) is 6.13. The minimum Gasteiger partial charge on any atom is -0.497 e. The molecule has 0 spiro atoms. The van der Waals surface area contributed by atoms with Gasteiger partial charge in [0.15, 0.2) is 0 Å². The molecule has 0 bridgehead atoms. The number of nitrogens with one attached hydrogen (secondary N) is 1. The predicted octanol–water partition coefficient (Wildman–Crippen LogP) is 2.94. The number of amides is 1. The highest BCUT2D eigenvalue weighted by Crippen LogP contribution is 2.18. The van der Waals surface area contributed by atoms with E-state index in [0.717, 1.165) is 5.56 Å². The maximum Gasteiger partial charge on any atom is 0.408 e. The smallest absolute Gasteiger partial charge is 0.408 e. The van der Waals surface area contributed by atoms with E-state index in [1.165, 1.54) is 7.11 Å². The summed E-state index contributed by atoms with van der Waals surface area (Å²) >= 11 is 0. The van der Waals surface area contributed by atoms with Crippen LogP contribution in [0.25, 0.3) is 0 Å². The zero-order chi connectivity index (χ0) is 17.4. The van der Waals surface area contributed by atoms with Crippen LogP contribution in [-0.4, -0.2) is 24.7 Å². The second-order valence-electron chi connectivity index (χ2n) is 5.05. The van der Waals surface area contributed by atoms with Gasteiger partial charge in [0.1, 0.15) is 18.4 Å². The van der Waals surface area contributed by atoms with Crippen LogP contribution in [0.4, 0.5) is 4.79 Å². The standard InChI is InChI=1S/C17H18N2O5/c1-23-15-9-7-14(8-10-15)16(11-19(21)22)18-17(20)24-12-13-5-3-2-4-6-13/h2-10,16H,11-12H2,1H3,(H,18,20)/t16-/m0/s1. The minimum absolute atomic E-state index is 0.0977. The summed E-state index contributed by atoms with van der Waals surface area (Å²) in [5.74, 6) is 0.630. The molecular formula is C17H18N2O5. The van der Waals surface area contributed by atoms with E-state index in [9.17, 15) is 14.9 Å². The molecule has 0 aliphatic rings. The first-order valence-corrected chi connectivity index (χ1v) is 7.31. The first-order chi connectivity index (χ1) is 11.6. The minimum atomic E-state index is -0.783.